The van der Waals surface area contributed by atoms with E-state index in [-0.39, 0.29) is 5.56 Å². The van der Waals surface area contributed by atoms with E-state index in [1.54, 1.807) is 18.2 Å². The third kappa shape index (κ3) is 4.97. The zero-order valence-electron chi connectivity index (χ0n) is 13.7. The maximum Gasteiger partial charge on any atom is 0.338 e. The molecule has 0 atom stereocenters. The van der Waals surface area contributed by atoms with Gasteiger partial charge >= 0.3 is 5.97 Å². The average molecular weight is 340 g/mol. The van der Waals surface area contributed by atoms with Gasteiger partial charge in [-0.05, 0) is 24.3 Å². The van der Waals surface area contributed by atoms with Gasteiger partial charge in [0.05, 0.1) is 31.4 Å². The fourth-order valence-electron chi connectivity index (χ4n) is 1.97. The van der Waals surface area contributed by atoms with Gasteiger partial charge in [0.1, 0.15) is 11.5 Å². The van der Waals surface area contributed by atoms with Crippen molar-refractivity contribution >= 4 is 17.6 Å². The molecule has 0 aromatic heterocycles. The number of nitrogens with one attached hydrogen (secondary N) is 1. The largest absolute Gasteiger partial charge is 0.497 e. The molecule has 0 bridgehead atoms. The predicted molar refractivity (Wildman–Crippen MR) is 89.6 cm³/mol. The molecule has 2 rings (SSSR count). The number of nitrogens with zero attached hydrogens (tertiary/aromatic N) is 1. The minimum atomic E-state index is -0.650. The van der Waals surface area contributed by atoms with E-state index in [0.717, 1.165) is 0 Å². The lowest BCUT2D eigenvalue weighted by Crippen LogP contribution is -2.21. The number of anilines is 1. The molecule has 0 saturated heterocycles. The number of carbonyl (C=O) groups excluding carboxylic acids is 2. The Hall–Kier alpha value is -3.53. The van der Waals surface area contributed by atoms with Gasteiger partial charge in [0.25, 0.3) is 5.91 Å². The fraction of sp³-hybridized carbons (Fsp3) is 0.167. The Morgan fingerprint density at radius 1 is 1.04 bits per heavy atom. The highest BCUT2D eigenvalue weighted by molar-refractivity contribution is 5.95. The molecule has 0 heterocycles. The molecule has 0 aliphatic rings. The van der Waals surface area contributed by atoms with Gasteiger partial charge in [0.2, 0.25) is 0 Å². The quantitative estimate of drug-likeness (QED) is 0.811. The van der Waals surface area contributed by atoms with Gasteiger partial charge in [-0.25, -0.2) is 4.79 Å². The zero-order valence-corrected chi connectivity index (χ0v) is 13.7. The maximum atomic E-state index is 11.9. The molecule has 128 valence electrons. The molecule has 7 heteroatoms. The number of hydrogen-bond acceptors (Lipinski definition) is 6. The number of esters is 1. The molecule has 0 fully saturated rings. The summed E-state index contributed by atoms with van der Waals surface area (Å²) in [6.07, 6.45) is 0. The number of carbonyl (C=O) groups is 2. The van der Waals surface area contributed by atoms with Crippen LogP contribution >= 0.6 is 0 Å². The summed E-state index contributed by atoms with van der Waals surface area (Å²) in [4.78, 5) is 23.8. The van der Waals surface area contributed by atoms with Crippen molar-refractivity contribution < 1.29 is 23.8 Å². The van der Waals surface area contributed by atoms with Crippen molar-refractivity contribution in [3.05, 3.63) is 53.6 Å². The monoisotopic (exact) mass is 340 g/mol. The number of rotatable bonds is 6. The van der Waals surface area contributed by atoms with Crippen molar-refractivity contribution in [3.8, 4) is 17.6 Å². The topological polar surface area (TPSA) is 97.6 Å². The minimum Gasteiger partial charge on any atom is -0.497 e. The minimum absolute atomic E-state index is 0.259. The first-order valence-corrected chi connectivity index (χ1v) is 7.26. The van der Waals surface area contributed by atoms with E-state index in [0.29, 0.717) is 22.7 Å². The molecule has 0 aliphatic carbocycles. The zero-order chi connectivity index (χ0) is 18.2. The van der Waals surface area contributed by atoms with E-state index in [4.69, 9.17) is 19.5 Å². The molecule has 2 aromatic carbocycles. The van der Waals surface area contributed by atoms with Crippen molar-refractivity contribution in [1.29, 1.82) is 5.26 Å². The second-order valence-corrected chi connectivity index (χ2v) is 4.91. The number of hydrogen-bond donors (Lipinski definition) is 1. The van der Waals surface area contributed by atoms with Gasteiger partial charge in [0.15, 0.2) is 6.61 Å². The number of ether oxygens (including phenoxy) is 3. The Kier molecular flexibility index (Phi) is 5.96. The van der Waals surface area contributed by atoms with E-state index >= 15 is 0 Å². The number of methoxy groups -OCH3 is 2. The van der Waals surface area contributed by atoms with E-state index in [9.17, 15) is 9.59 Å². The smallest absolute Gasteiger partial charge is 0.338 e. The number of amides is 1. The van der Waals surface area contributed by atoms with Crippen LogP contribution in [0.5, 0.6) is 11.5 Å². The lowest BCUT2D eigenvalue weighted by molar-refractivity contribution is -0.119. The molecule has 1 N–H and O–H groups in total. The summed E-state index contributed by atoms with van der Waals surface area (Å²) in [6.45, 7) is -0.446. The first-order valence-electron chi connectivity index (χ1n) is 7.26. The van der Waals surface area contributed by atoms with Crippen LogP contribution in [-0.4, -0.2) is 32.7 Å². The molecule has 25 heavy (non-hydrogen) atoms. The molecule has 2 aromatic rings. The van der Waals surface area contributed by atoms with E-state index in [1.165, 1.54) is 38.5 Å². The van der Waals surface area contributed by atoms with Gasteiger partial charge < -0.3 is 19.5 Å². The first-order chi connectivity index (χ1) is 12.0. The lowest BCUT2D eigenvalue weighted by Gasteiger charge is -2.10. The molecule has 0 spiro atoms. The van der Waals surface area contributed by atoms with Crippen LogP contribution in [0.3, 0.4) is 0 Å². The Balaban J connectivity index is 1.94. The number of benzene rings is 2. The van der Waals surface area contributed by atoms with E-state index in [1.807, 2.05) is 6.07 Å². The van der Waals surface area contributed by atoms with Crippen LogP contribution in [0.25, 0.3) is 0 Å². The number of nitriles is 1. The van der Waals surface area contributed by atoms with Gasteiger partial charge in [-0.3, -0.25) is 4.79 Å². The SMILES string of the molecule is COc1cc(NC(=O)COC(=O)c2ccc(C#N)cc2)cc(OC)c1. The van der Waals surface area contributed by atoms with Crippen LogP contribution in [0.15, 0.2) is 42.5 Å². The second kappa shape index (κ2) is 8.36. The summed E-state index contributed by atoms with van der Waals surface area (Å²) in [7, 11) is 3.00. The Bertz CT molecular complexity index is 787. The molecule has 1 amide bonds. The summed E-state index contributed by atoms with van der Waals surface area (Å²) >= 11 is 0. The molecular formula is C18H16N2O5. The van der Waals surface area contributed by atoms with Crippen molar-refractivity contribution in [1.82, 2.24) is 0 Å². The van der Waals surface area contributed by atoms with Crippen molar-refractivity contribution in [2.24, 2.45) is 0 Å². The van der Waals surface area contributed by atoms with Crippen molar-refractivity contribution in [2.75, 3.05) is 26.1 Å². The fourth-order valence-corrected chi connectivity index (χ4v) is 1.97. The Morgan fingerprint density at radius 3 is 2.16 bits per heavy atom. The predicted octanol–water partition coefficient (Wildman–Crippen LogP) is 2.37. The van der Waals surface area contributed by atoms with Crippen molar-refractivity contribution in [2.45, 2.75) is 0 Å². The van der Waals surface area contributed by atoms with Crippen LogP contribution < -0.4 is 14.8 Å². The highest BCUT2D eigenvalue weighted by atomic mass is 16.5. The van der Waals surface area contributed by atoms with Gasteiger partial charge in [0, 0.05) is 23.9 Å². The second-order valence-electron chi connectivity index (χ2n) is 4.91. The Morgan fingerprint density at radius 2 is 1.64 bits per heavy atom. The molecule has 7 nitrogen and oxygen atoms in total. The summed E-state index contributed by atoms with van der Waals surface area (Å²) in [6, 6.07) is 12.8. The summed E-state index contributed by atoms with van der Waals surface area (Å²) in [5, 5.41) is 11.3. The highest BCUT2D eigenvalue weighted by Crippen LogP contribution is 2.25. The van der Waals surface area contributed by atoms with Crippen LogP contribution in [0, 0.1) is 11.3 Å². The maximum absolute atomic E-state index is 11.9. The van der Waals surface area contributed by atoms with E-state index < -0.39 is 18.5 Å². The summed E-state index contributed by atoms with van der Waals surface area (Å²) in [5.41, 5.74) is 1.15. The van der Waals surface area contributed by atoms with Crippen molar-refractivity contribution in [3.63, 3.8) is 0 Å². The average Bonchev–Trinajstić information content (AvgIpc) is 2.65. The van der Waals surface area contributed by atoms with Gasteiger partial charge in [-0.1, -0.05) is 0 Å². The van der Waals surface area contributed by atoms with Crippen LogP contribution in [0.1, 0.15) is 15.9 Å². The molecule has 0 radical (unpaired) electrons. The highest BCUT2D eigenvalue weighted by Gasteiger charge is 2.11. The Labute approximate surface area is 144 Å². The van der Waals surface area contributed by atoms with E-state index in [2.05, 4.69) is 5.32 Å². The summed E-state index contributed by atoms with van der Waals surface area (Å²) in [5.74, 6) is -0.117. The van der Waals surface area contributed by atoms with Crippen LogP contribution in [-0.2, 0) is 9.53 Å². The first kappa shape index (κ1) is 17.8. The molecular weight excluding hydrogens is 324 g/mol. The van der Waals surface area contributed by atoms with Gasteiger partial charge in [-0.15, -0.1) is 0 Å². The van der Waals surface area contributed by atoms with Crippen LogP contribution in [0.4, 0.5) is 5.69 Å². The van der Waals surface area contributed by atoms with Gasteiger partial charge in [-0.2, -0.15) is 5.26 Å². The normalized spacial score (nSPS) is 9.64. The van der Waals surface area contributed by atoms with Crippen LogP contribution in [0.2, 0.25) is 0 Å². The third-order valence-corrected chi connectivity index (χ3v) is 3.22. The third-order valence-electron chi connectivity index (χ3n) is 3.22. The standard InChI is InChI=1S/C18H16N2O5/c1-23-15-7-14(8-16(9-15)24-2)20-17(21)11-25-18(22)13-5-3-12(10-19)4-6-13/h3-9H,11H2,1-2H3,(H,20,21). The molecule has 0 unspecified atom stereocenters. The molecule has 0 saturated carbocycles. The lowest BCUT2D eigenvalue weighted by atomic mass is 10.1. The molecule has 0 aliphatic heterocycles. The summed E-state index contributed by atoms with van der Waals surface area (Å²) < 4.78 is 15.2.